The second-order valence-electron chi connectivity index (χ2n) is 10.3. The first kappa shape index (κ1) is 26.0. The number of likely N-dealkylation sites (tertiary alicyclic amines) is 1. The molecule has 3 fully saturated rings. The number of hydrazine groups is 1. The molecule has 2 unspecified atom stereocenters. The van der Waals surface area contributed by atoms with Gasteiger partial charge in [0.1, 0.15) is 19.3 Å². The number of furan rings is 1. The van der Waals surface area contributed by atoms with Crippen LogP contribution in [0.5, 0.6) is 0 Å². The topological polar surface area (TPSA) is 112 Å². The number of nitrogens with zero attached hydrogens (tertiary/aromatic N) is 3. The van der Waals surface area contributed by atoms with Gasteiger partial charge in [0.2, 0.25) is 0 Å². The first-order valence-electron chi connectivity index (χ1n) is 13.4. The van der Waals surface area contributed by atoms with Crippen molar-refractivity contribution in [2.75, 3.05) is 19.8 Å². The van der Waals surface area contributed by atoms with E-state index in [0.29, 0.717) is 38.4 Å². The van der Waals surface area contributed by atoms with Crippen LogP contribution in [0.2, 0.25) is 0 Å². The van der Waals surface area contributed by atoms with Crippen molar-refractivity contribution in [1.82, 2.24) is 20.2 Å². The smallest absolute Gasteiger partial charge is 0.410 e. The molecule has 2 saturated heterocycles. The van der Waals surface area contributed by atoms with Crippen molar-refractivity contribution >= 4 is 23.7 Å². The van der Waals surface area contributed by atoms with Crippen LogP contribution in [-0.4, -0.2) is 70.5 Å². The summed E-state index contributed by atoms with van der Waals surface area (Å²) in [5.41, 5.74) is 0.879. The van der Waals surface area contributed by atoms with Crippen LogP contribution in [0.4, 0.5) is 4.79 Å². The molecule has 10 nitrogen and oxygen atoms in total. The lowest BCUT2D eigenvalue weighted by atomic mass is 9.97. The van der Waals surface area contributed by atoms with Gasteiger partial charge in [-0.1, -0.05) is 56.0 Å². The van der Waals surface area contributed by atoms with E-state index in [4.69, 9.17) is 9.15 Å². The Morgan fingerprint density at radius 1 is 1.03 bits per heavy atom. The molecule has 0 spiro atoms. The monoisotopic (exact) mass is 522 g/mol. The van der Waals surface area contributed by atoms with Gasteiger partial charge in [-0.2, -0.15) is 5.01 Å². The Morgan fingerprint density at radius 2 is 1.82 bits per heavy atom. The largest absolute Gasteiger partial charge is 0.459 e. The number of nitrogens with one attached hydrogen (secondary N) is 1. The summed E-state index contributed by atoms with van der Waals surface area (Å²) in [5.74, 6) is -0.219. The number of benzene rings is 1. The molecule has 3 amide bonds. The molecular weight excluding hydrogens is 488 g/mol. The van der Waals surface area contributed by atoms with Crippen molar-refractivity contribution < 1.29 is 28.3 Å². The predicted octanol–water partition coefficient (Wildman–Crippen LogP) is 3.35. The number of amides is 3. The SMILES string of the molecule is O=C(N[C@@H](CC1CCCC1)C(=O)N1CN1C1CCCN(C(=O)OCc2ccccc2)CC1=O)c1ccco1. The van der Waals surface area contributed by atoms with Gasteiger partial charge in [-0.15, -0.1) is 0 Å². The highest BCUT2D eigenvalue weighted by molar-refractivity contribution is 5.96. The predicted molar refractivity (Wildman–Crippen MR) is 136 cm³/mol. The zero-order valence-electron chi connectivity index (χ0n) is 21.4. The van der Waals surface area contributed by atoms with E-state index in [1.807, 2.05) is 30.3 Å². The van der Waals surface area contributed by atoms with Crippen LogP contribution < -0.4 is 5.32 Å². The minimum atomic E-state index is -0.689. The van der Waals surface area contributed by atoms with Crippen molar-refractivity contribution in [2.24, 2.45) is 5.92 Å². The van der Waals surface area contributed by atoms with E-state index < -0.39 is 24.1 Å². The van der Waals surface area contributed by atoms with Crippen molar-refractivity contribution in [1.29, 1.82) is 0 Å². The van der Waals surface area contributed by atoms with Gasteiger partial charge in [0.15, 0.2) is 11.5 Å². The molecule has 1 aromatic carbocycles. The molecule has 1 aliphatic carbocycles. The highest BCUT2D eigenvalue weighted by Crippen LogP contribution is 2.31. The maximum atomic E-state index is 13.5. The van der Waals surface area contributed by atoms with Crippen molar-refractivity contribution in [2.45, 2.75) is 63.6 Å². The van der Waals surface area contributed by atoms with Gasteiger partial charge in [0, 0.05) is 6.54 Å². The quantitative estimate of drug-likeness (QED) is 0.529. The summed E-state index contributed by atoms with van der Waals surface area (Å²) in [5, 5.41) is 6.16. The second kappa shape index (κ2) is 11.8. The van der Waals surface area contributed by atoms with E-state index in [1.54, 1.807) is 22.2 Å². The first-order chi connectivity index (χ1) is 18.5. The van der Waals surface area contributed by atoms with Crippen molar-refractivity contribution in [3.63, 3.8) is 0 Å². The molecule has 38 heavy (non-hydrogen) atoms. The highest BCUT2D eigenvalue weighted by Gasteiger charge is 2.48. The molecule has 3 aliphatic rings. The van der Waals surface area contributed by atoms with Crippen LogP contribution in [0.15, 0.2) is 53.1 Å². The number of carbonyl (C=O) groups is 4. The molecule has 0 radical (unpaired) electrons. The number of rotatable bonds is 8. The lowest BCUT2D eigenvalue weighted by Gasteiger charge is -2.22. The molecule has 5 rings (SSSR count). The average Bonchev–Trinajstić information content (AvgIpc) is 3.28. The van der Waals surface area contributed by atoms with Crippen LogP contribution in [0.3, 0.4) is 0 Å². The van der Waals surface area contributed by atoms with Gasteiger partial charge >= 0.3 is 6.09 Å². The Bertz CT molecular complexity index is 1130. The van der Waals surface area contributed by atoms with Crippen LogP contribution in [0, 0.1) is 5.92 Å². The molecule has 202 valence electrons. The average molecular weight is 523 g/mol. The van der Waals surface area contributed by atoms with Crippen LogP contribution in [0.1, 0.15) is 61.1 Å². The molecule has 3 atom stereocenters. The Hall–Kier alpha value is -3.66. The molecule has 0 bridgehead atoms. The molecule has 1 aromatic heterocycles. The maximum absolute atomic E-state index is 13.5. The zero-order valence-corrected chi connectivity index (χ0v) is 21.4. The minimum absolute atomic E-state index is 0.0580. The second-order valence-corrected chi connectivity index (χ2v) is 10.3. The van der Waals surface area contributed by atoms with Gasteiger partial charge in [-0.25, -0.2) is 4.79 Å². The van der Waals surface area contributed by atoms with Gasteiger partial charge in [-0.3, -0.25) is 19.4 Å². The van der Waals surface area contributed by atoms with Crippen molar-refractivity contribution in [3.05, 3.63) is 60.1 Å². The highest BCUT2D eigenvalue weighted by atomic mass is 16.6. The number of ether oxygens (including phenoxy) is 1. The summed E-state index contributed by atoms with van der Waals surface area (Å²) in [7, 11) is 0. The number of hydrogen-bond donors (Lipinski definition) is 1. The molecule has 2 aromatic rings. The summed E-state index contributed by atoms with van der Waals surface area (Å²) < 4.78 is 10.6. The standard InChI is InChI=1S/C28H34N4O6/c33-24-17-30(28(36)38-18-21-10-2-1-3-11-21)14-6-12-23(24)31-19-32(31)27(35)22(16-20-8-4-5-9-20)29-26(34)25-13-7-15-37-25/h1-3,7,10-11,13,15,20,22-23H,4-6,8-9,12,14,16-19H2,(H,29,34)/t22-,23?,31?,32?/m0/s1. The molecule has 3 heterocycles. The number of ketones is 1. The van der Waals surface area contributed by atoms with E-state index >= 15 is 0 Å². The Morgan fingerprint density at radius 3 is 2.55 bits per heavy atom. The molecule has 10 heteroatoms. The number of carbonyl (C=O) groups excluding carboxylic acids is 4. The fourth-order valence-corrected chi connectivity index (χ4v) is 5.48. The lowest BCUT2D eigenvalue weighted by molar-refractivity contribution is -0.133. The first-order valence-corrected chi connectivity index (χ1v) is 13.4. The Kier molecular flexibility index (Phi) is 8.07. The van der Waals surface area contributed by atoms with Crippen LogP contribution in [-0.2, 0) is 20.9 Å². The van der Waals surface area contributed by atoms with E-state index in [-0.39, 0.29) is 30.6 Å². The van der Waals surface area contributed by atoms with Crippen molar-refractivity contribution in [3.8, 4) is 0 Å². The maximum Gasteiger partial charge on any atom is 0.410 e. The number of Topliss-reactive ketones (excluding diaryl/α,β-unsaturated/α-hetero) is 1. The van der Waals surface area contributed by atoms with Gasteiger partial charge in [0.25, 0.3) is 11.8 Å². The van der Waals surface area contributed by atoms with Crippen LogP contribution >= 0.6 is 0 Å². The van der Waals surface area contributed by atoms with E-state index in [0.717, 1.165) is 31.2 Å². The summed E-state index contributed by atoms with van der Waals surface area (Å²) >= 11 is 0. The molecule has 2 aliphatic heterocycles. The van der Waals surface area contributed by atoms with Gasteiger partial charge in [0.05, 0.1) is 18.8 Å². The third kappa shape index (κ3) is 6.24. The fourth-order valence-electron chi connectivity index (χ4n) is 5.48. The zero-order chi connectivity index (χ0) is 26.5. The molecule has 1 N–H and O–H groups in total. The van der Waals surface area contributed by atoms with Gasteiger partial charge in [-0.05, 0) is 42.9 Å². The van der Waals surface area contributed by atoms with Gasteiger partial charge < -0.3 is 19.4 Å². The number of hydrogen-bond acceptors (Lipinski definition) is 7. The normalized spacial score (nSPS) is 22.6. The fraction of sp³-hybridized carbons (Fsp3) is 0.500. The van der Waals surface area contributed by atoms with E-state index in [1.165, 1.54) is 11.2 Å². The molecular formula is C28H34N4O6. The summed E-state index contributed by atoms with van der Waals surface area (Å²) in [6.45, 7) is 0.832. The lowest BCUT2D eigenvalue weighted by Crippen LogP contribution is -2.46. The minimum Gasteiger partial charge on any atom is -0.459 e. The molecule has 1 saturated carbocycles. The van der Waals surface area contributed by atoms with E-state index in [9.17, 15) is 19.2 Å². The summed E-state index contributed by atoms with van der Waals surface area (Å²) in [4.78, 5) is 53.3. The third-order valence-electron chi connectivity index (χ3n) is 7.60. The third-order valence-corrected chi connectivity index (χ3v) is 7.60. The van der Waals surface area contributed by atoms with E-state index in [2.05, 4.69) is 5.32 Å². The Balaban J connectivity index is 1.17. The Labute approximate surface area is 221 Å². The summed E-state index contributed by atoms with van der Waals surface area (Å²) in [6, 6.07) is 11.4. The van der Waals surface area contributed by atoms with Crippen LogP contribution in [0.25, 0.3) is 0 Å². The summed E-state index contributed by atoms with van der Waals surface area (Å²) in [6.07, 6.45) is 6.99.